The summed E-state index contributed by atoms with van der Waals surface area (Å²) in [4.78, 5) is 10.6. The first kappa shape index (κ1) is 22.8. The van der Waals surface area contributed by atoms with Crippen molar-refractivity contribution in [1.29, 1.82) is 0 Å². The molecule has 1 atom stereocenters. The van der Waals surface area contributed by atoms with Crippen molar-refractivity contribution < 1.29 is 9.53 Å². The van der Waals surface area contributed by atoms with Gasteiger partial charge in [-0.3, -0.25) is 4.79 Å². The molecule has 2 nitrogen and oxygen atoms in total. The average molecular weight is 347 g/mol. The summed E-state index contributed by atoms with van der Waals surface area (Å²) in [6, 6.07) is 0. The van der Waals surface area contributed by atoms with Crippen LogP contribution in [0.25, 0.3) is 0 Å². The summed E-state index contributed by atoms with van der Waals surface area (Å²) < 4.78 is 4.92. The maximum atomic E-state index is 10.6. The Bertz CT molecular complexity index is 256. The van der Waals surface area contributed by atoms with E-state index >= 15 is 0 Å². The molecule has 0 aromatic carbocycles. The molecular weight excluding hydrogens is 308 g/mol. The maximum Gasteiger partial charge on any atom is 0.302 e. The molecule has 1 unspecified atom stereocenters. The largest absolute Gasteiger partial charge is 0.466 e. The third-order valence-corrected chi connectivity index (χ3v) is 4.77. The molecule has 0 aliphatic rings. The standard InChI is InChI=1S/C20H39ClO2/c1-3-4-5-6-7-8-9-10-13-16-20(21)17-14-11-12-15-18-23-19(2)22/h20H,3-18H2,1-2H3. The first-order valence-corrected chi connectivity index (χ1v) is 10.4. The highest BCUT2D eigenvalue weighted by atomic mass is 35.5. The van der Waals surface area contributed by atoms with Gasteiger partial charge in [-0.1, -0.05) is 84.0 Å². The van der Waals surface area contributed by atoms with Crippen molar-refractivity contribution in [2.45, 2.75) is 116 Å². The highest BCUT2D eigenvalue weighted by Gasteiger charge is 2.04. The van der Waals surface area contributed by atoms with Gasteiger partial charge in [0.25, 0.3) is 0 Å². The summed E-state index contributed by atoms with van der Waals surface area (Å²) in [5, 5.41) is 0.355. The van der Waals surface area contributed by atoms with Crippen LogP contribution in [-0.4, -0.2) is 18.0 Å². The van der Waals surface area contributed by atoms with Crippen LogP contribution in [0.15, 0.2) is 0 Å². The molecule has 0 rings (SSSR count). The second-order valence-electron chi connectivity index (χ2n) is 6.76. The normalized spacial score (nSPS) is 12.3. The quantitative estimate of drug-likeness (QED) is 0.160. The second kappa shape index (κ2) is 18.1. The van der Waals surface area contributed by atoms with Gasteiger partial charge < -0.3 is 4.74 Å². The number of alkyl halides is 1. The van der Waals surface area contributed by atoms with Gasteiger partial charge in [0.05, 0.1) is 6.61 Å². The number of carbonyl (C=O) groups excluding carboxylic acids is 1. The summed E-state index contributed by atoms with van der Waals surface area (Å²) in [6.45, 7) is 4.30. The Hall–Kier alpha value is -0.240. The molecule has 0 spiro atoms. The topological polar surface area (TPSA) is 26.3 Å². The van der Waals surface area contributed by atoms with Crippen LogP contribution in [0.4, 0.5) is 0 Å². The van der Waals surface area contributed by atoms with Gasteiger partial charge in [-0.05, 0) is 19.3 Å². The molecule has 0 aliphatic heterocycles. The van der Waals surface area contributed by atoms with Gasteiger partial charge in [-0.15, -0.1) is 11.6 Å². The molecule has 0 amide bonds. The number of halogens is 1. The van der Waals surface area contributed by atoms with Crippen molar-refractivity contribution >= 4 is 17.6 Å². The third-order valence-electron chi connectivity index (χ3n) is 4.34. The van der Waals surface area contributed by atoms with E-state index in [0.717, 1.165) is 19.3 Å². The monoisotopic (exact) mass is 346 g/mol. The first-order valence-electron chi connectivity index (χ1n) is 9.94. The van der Waals surface area contributed by atoms with E-state index < -0.39 is 0 Å². The van der Waals surface area contributed by atoms with Gasteiger partial charge in [-0.25, -0.2) is 0 Å². The van der Waals surface area contributed by atoms with Gasteiger partial charge in [0.1, 0.15) is 0 Å². The fraction of sp³-hybridized carbons (Fsp3) is 0.950. The second-order valence-corrected chi connectivity index (χ2v) is 7.37. The number of carbonyl (C=O) groups is 1. The zero-order valence-electron chi connectivity index (χ0n) is 15.6. The maximum absolute atomic E-state index is 10.6. The van der Waals surface area contributed by atoms with E-state index in [0.29, 0.717) is 12.0 Å². The van der Waals surface area contributed by atoms with Crippen molar-refractivity contribution in [2.24, 2.45) is 0 Å². The summed E-state index contributed by atoms with van der Waals surface area (Å²) in [7, 11) is 0. The molecule has 0 N–H and O–H groups in total. The molecule has 23 heavy (non-hydrogen) atoms. The molecular formula is C20H39ClO2. The number of unbranched alkanes of at least 4 members (excludes halogenated alkanes) is 11. The summed E-state index contributed by atoms with van der Waals surface area (Å²) in [5.74, 6) is -0.174. The number of esters is 1. The minimum atomic E-state index is -0.174. The first-order chi connectivity index (χ1) is 11.2. The van der Waals surface area contributed by atoms with Crippen molar-refractivity contribution in [2.75, 3.05) is 6.61 Å². The van der Waals surface area contributed by atoms with Gasteiger partial charge >= 0.3 is 5.97 Å². The van der Waals surface area contributed by atoms with E-state index in [9.17, 15) is 4.79 Å². The van der Waals surface area contributed by atoms with Crippen LogP contribution in [0.1, 0.15) is 110 Å². The molecule has 3 heteroatoms. The molecule has 0 saturated heterocycles. The van der Waals surface area contributed by atoms with E-state index in [1.165, 1.54) is 84.0 Å². The lowest BCUT2D eigenvalue weighted by molar-refractivity contribution is -0.141. The van der Waals surface area contributed by atoms with E-state index in [2.05, 4.69) is 6.92 Å². The Balaban J connectivity index is 3.16. The number of ether oxygens (including phenoxy) is 1. The van der Waals surface area contributed by atoms with Crippen LogP contribution >= 0.6 is 11.6 Å². The predicted molar refractivity (Wildman–Crippen MR) is 101 cm³/mol. The lowest BCUT2D eigenvalue weighted by Crippen LogP contribution is -2.01. The number of rotatable bonds is 17. The third kappa shape index (κ3) is 19.7. The van der Waals surface area contributed by atoms with E-state index in [4.69, 9.17) is 16.3 Å². The summed E-state index contributed by atoms with van der Waals surface area (Å²) in [5.41, 5.74) is 0. The fourth-order valence-corrected chi connectivity index (χ4v) is 3.17. The predicted octanol–water partition coefficient (Wildman–Crippen LogP) is 7.03. The van der Waals surface area contributed by atoms with Crippen LogP contribution < -0.4 is 0 Å². The van der Waals surface area contributed by atoms with Crippen molar-refractivity contribution in [1.82, 2.24) is 0 Å². The van der Waals surface area contributed by atoms with Gasteiger partial charge in [0.15, 0.2) is 0 Å². The summed E-state index contributed by atoms with van der Waals surface area (Å²) >= 11 is 6.39. The smallest absolute Gasteiger partial charge is 0.302 e. The lowest BCUT2D eigenvalue weighted by atomic mass is 10.0. The fourth-order valence-electron chi connectivity index (χ4n) is 2.86. The average Bonchev–Trinajstić information content (AvgIpc) is 2.52. The Morgan fingerprint density at radius 2 is 1.22 bits per heavy atom. The van der Waals surface area contributed by atoms with Gasteiger partial charge in [-0.2, -0.15) is 0 Å². The molecule has 0 aromatic heterocycles. The van der Waals surface area contributed by atoms with Gasteiger partial charge in [0, 0.05) is 12.3 Å². The van der Waals surface area contributed by atoms with Crippen LogP contribution in [0, 0.1) is 0 Å². The highest BCUT2D eigenvalue weighted by Crippen LogP contribution is 2.18. The van der Waals surface area contributed by atoms with Crippen molar-refractivity contribution in [3.8, 4) is 0 Å². The Morgan fingerprint density at radius 3 is 1.70 bits per heavy atom. The zero-order valence-corrected chi connectivity index (χ0v) is 16.3. The molecule has 138 valence electrons. The lowest BCUT2D eigenvalue weighted by Gasteiger charge is -2.09. The van der Waals surface area contributed by atoms with Crippen LogP contribution in [0.2, 0.25) is 0 Å². The zero-order chi connectivity index (χ0) is 17.2. The van der Waals surface area contributed by atoms with Crippen molar-refractivity contribution in [3.05, 3.63) is 0 Å². The van der Waals surface area contributed by atoms with Crippen LogP contribution in [0.5, 0.6) is 0 Å². The van der Waals surface area contributed by atoms with Crippen molar-refractivity contribution in [3.63, 3.8) is 0 Å². The number of hydrogen-bond acceptors (Lipinski definition) is 2. The van der Waals surface area contributed by atoms with E-state index in [1.54, 1.807) is 0 Å². The minimum absolute atomic E-state index is 0.174. The molecule has 0 heterocycles. The molecule has 0 aliphatic carbocycles. The molecule has 0 saturated carbocycles. The minimum Gasteiger partial charge on any atom is -0.466 e. The van der Waals surface area contributed by atoms with E-state index in [-0.39, 0.29) is 5.97 Å². The summed E-state index contributed by atoms with van der Waals surface area (Å²) in [6.07, 6.45) is 19.2. The SMILES string of the molecule is CCCCCCCCCCCC(Cl)CCCCCCOC(C)=O. The molecule has 0 aromatic rings. The molecule has 0 bridgehead atoms. The van der Waals surface area contributed by atoms with Crippen LogP contribution in [-0.2, 0) is 9.53 Å². The Morgan fingerprint density at radius 1 is 0.783 bits per heavy atom. The molecule has 0 fully saturated rings. The Labute approximate surface area is 149 Å². The Kier molecular flexibility index (Phi) is 17.9. The molecule has 0 radical (unpaired) electrons. The number of hydrogen-bond donors (Lipinski definition) is 0. The highest BCUT2D eigenvalue weighted by molar-refractivity contribution is 6.20. The van der Waals surface area contributed by atoms with Crippen LogP contribution in [0.3, 0.4) is 0 Å². The van der Waals surface area contributed by atoms with E-state index in [1.807, 2.05) is 0 Å². The van der Waals surface area contributed by atoms with Gasteiger partial charge in [0.2, 0.25) is 0 Å².